The Morgan fingerprint density at radius 1 is 1.20 bits per heavy atom. The highest BCUT2D eigenvalue weighted by molar-refractivity contribution is 5.98. The molecule has 0 spiro atoms. The number of pyridine rings is 1. The third kappa shape index (κ3) is 3.40. The number of methoxy groups -OCH3 is 1. The Bertz CT molecular complexity index is 937. The highest BCUT2D eigenvalue weighted by atomic mass is 16.5. The van der Waals surface area contributed by atoms with Crippen LogP contribution in [-0.2, 0) is 6.54 Å². The van der Waals surface area contributed by atoms with Crippen LogP contribution in [0.5, 0.6) is 11.5 Å². The van der Waals surface area contributed by atoms with Crippen LogP contribution in [0.2, 0.25) is 0 Å². The van der Waals surface area contributed by atoms with E-state index in [4.69, 9.17) is 4.74 Å². The van der Waals surface area contributed by atoms with E-state index in [1.54, 1.807) is 37.3 Å². The number of hydrogen-bond acceptors (Lipinski definition) is 4. The van der Waals surface area contributed by atoms with Gasteiger partial charge in [-0.15, -0.1) is 0 Å². The Balaban J connectivity index is 1.91. The Kier molecular flexibility index (Phi) is 4.57. The van der Waals surface area contributed by atoms with E-state index in [0.717, 1.165) is 16.7 Å². The van der Waals surface area contributed by atoms with E-state index in [2.05, 4.69) is 4.98 Å². The van der Waals surface area contributed by atoms with E-state index < -0.39 is 0 Å². The minimum absolute atomic E-state index is 0.133. The number of nitrogens with zero attached hydrogens (tertiary/aromatic N) is 2. The molecule has 1 amide bonds. The average molecular weight is 336 g/mol. The molecule has 0 atom stereocenters. The number of hydrogen-bond donors (Lipinski definition) is 1. The molecule has 1 N–H and O–H groups in total. The van der Waals surface area contributed by atoms with Gasteiger partial charge >= 0.3 is 0 Å². The maximum absolute atomic E-state index is 12.8. The zero-order valence-corrected chi connectivity index (χ0v) is 14.5. The summed E-state index contributed by atoms with van der Waals surface area (Å²) in [5.41, 5.74) is 2.71. The minimum atomic E-state index is -0.133. The largest absolute Gasteiger partial charge is 0.508 e. The van der Waals surface area contributed by atoms with Gasteiger partial charge in [0.25, 0.3) is 5.91 Å². The van der Waals surface area contributed by atoms with Crippen LogP contribution in [0.25, 0.3) is 10.9 Å². The molecule has 0 aliphatic carbocycles. The van der Waals surface area contributed by atoms with Gasteiger partial charge in [-0.2, -0.15) is 0 Å². The first-order valence-electron chi connectivity index (χ1n) is 7.97. The topological polar surface area (TPSA) is 62.7 Å². The summed E-state index contributed by atoms with van der Waals surface area (Å²) in [5.74, 6) is 0.781. The molecule has 0 radical (unpaired) electrons. The third-order valence-electron chi connectivity index (χ3n) is 4.19. The number of amides is 1. The van der Waals surface area contributed by atoms with E-state index in [0.29, 0.717) is 23.4 Å². The second-order valence-corrected chi connectivity index (χ2v) is 5.97. The van der Waals surface area contributed by atoms with E-state index in [9.17, 15) is 9.90 Å². The van der Waals surface area contributed by atoms with Gasteiger partial charge in [-0.25, -0.2) is 0 Å². The molecule has 1 aromatic heterocycles. The number of aromatic hydroxyl groups is 1. The Morgan fingerprint density at radius 2 is 1.96 bits per heavy atom. The van der Waals surface area contributed by atoms with Crippen LogP contribution >= 0.6 is 0 Å². The molecule has 0 aliphatic rings. The molecule has 5 nitrogen and oxygen atoms in total. The summed E-state index contributed by atoms with van der Waals surface area (Å²) in [6, 6.07) is 14.4. The molecule has 0 aliphatic heterocycles. The van der Waals surface area contributed by atoms with Crippen LogP contribution < -0.4 is 4.74 Å². The Morgan fingerprint density at radius 3 is 2.68 bits per heavy atom. The number of carbonyl (C=O) groups is 1. The first-order chi connectivity index (χ1) is 12.0. The molecule has 3 aromatic rings. The predicted octanol–water partition coefficient (Wildman–Crippen LogP) is 3.53. The van der Waals surface area contributed by atoms with Crippen molar-refractivity contribution in [3.8, 4) is 11.5 Å². The van der Waals surface area contributed by atoms with Gasteiger partial charge in [0.15, 0.2) is 0 Å². The first kappa shape index (κ1) is 16.8. The normalized spacial score (nSPS) is 10.7. The van der Waals surface area contributed by atoms with E-state index in [1.165, 1.54) is 0 Å². The fourth-order valence-corrected chi connectivity index (χ4v) is 2.76. The van der Waals surface area contributed by atoms with Crippen molar-refractivity contribution in [1.29, 1.82) is 0 Å². The lowest BCUT2D eigenvalue weighted by molar-refractivity contribution is 0.0783. The second kappa shape index (κ2) is 6.81. The van der Waals surface area contributed by atoms with Crippen molar-refractivity contribution in [2.75, 3.05) is 14.2 Å². The highest BCUT2D eigenvalue weighted by Crippen LogP contribution is 2.23. The van der Waals surface area contributed by atoms with Gasteiger partial charge in [0, 0.05) is 30.6 Å². The standard InChI is InChI=1S/C20H20N2O3/c1-13-17(10-14-8-9-16(25-3)11-18(14)21-13)20(24)22(2)12-15-6-4-5-7-19(15)23/h4-11,23H,12H2,1-3H3. The first-order valence-corrected chi connectivity index (χ1v) is 7.97. The molecule has 2 aromatic carbocycles. The monoisotopic (exact) mass is 336 g/mol. The summed E-state index contributed by atoms with van der Waals surface area (Å²) >= 11 is 0. The van der Waals surface area contributed by atoms with Crippen LogP contribution in [0.4, 0.5) is 0 Å². The van der Waals surface area contributed by atoms with Gasteiger partial charge in [-0.3, -0.25) is 9.78 Å². The van der Waals surface area contributed by atoms with Crippen molar-refractivity contribution in [2.45, 2.75) is 13.5 Å². The van der Waals surface area contributed by atoms with Crippen LogP contribution in [0.1, 0.15) is 21.6 Å². The number of ether oxygens (including phenoxy) is 1. The number of para-hydroxylation sites is 1. The number of carbonyl (C=O) groups excluding carboxylic acids is 1. The average Bonchev–Trinajstić information content (AvgIpc) is 2.61. The molecule has 0 saturated carbocycles. The van der Waals surface area contributed by atoms with Crippen LogP contribution in [0, 0.1) is 6.92 Å². The molecule has 5 heteroatoms. The van der Waals surface area contributed by atoms with Gasteiger partial charge in [-0.05, 0) is 31.2 Å². The van der Waals surface area contributed by atoms with Crippen LogP contribution in [0.15, 0.2) is 48.5 Å². The van der Waals surface area contributed by atoms with Crippen molar-refractivity contribution in [2.24, 2.45) is 0 Å². The van der Waals surface area contributed by atoms with Gasteiger partial charge < -0.3 is 14.7 Å². The van der Waals surface area contributed by atoms with Crippen molar-refractivity contribution in [3.63, 3.8) is 0 Å². The highest BCUT2D eigenvalue weighted by Gasteiger charge is 2.17. The molecule has 128 valence electrons. The number of benzene rings is 2. The molecule has 0 fully saturated rings. The van der Waals surface area contributed by atoms with Gasteiger partial charge in [0.1, 0.15) is 11.5 Å². The molecule has 25 heavy (non-hydrogen) atoms. The number of aromatic nitrogens is 1. The zero-order valence-electron chi connectivity index (χ0n) is 14.5. The maximum Gasteiger partial charge on any atom is 0.255 e. The summed E-state index contributed by atoms with van der Waals surface area (Å²) in [4.78, 5) is 18.9. The third-order valence-corrected chi connectivity index (χ3v) is 4.19. The van der Waals surface area contributed by atoms with Gasteiger partial charge in [0.05, 0.1) is 23.9 Å². The second-order valence-electron chi connectivity index (χ2n) is 5.97. The van der Waals surface area contributed by atoms with Crippen LogP contribution in [0.3, 0.4) is 0 Å². The fourth-order valence-electron chi connectivity index (χ4n) is 2.76. The number of fused-ring (bicyclic) bond motifs is 1. The van der Waals surface area contributed by atoms with E-state index in [-0.39, 0.29) is 11.7 Å². The fraction of sp³-hybridized carbons (Fsp3) is 0.200. The maximum atomic E-state index is 12.8. The Hall–Kier alpha value is -3.08. The summed E-state index contributed by atoms with van der Waals surface area (Å²) in [7, 11) is 3.33. The SMILES string of the molecule is COc1ccc2cc(C(=O)N(C)Cc3ccccc3O)c(C)nc2c1. The smallest absolute Gasteiger partial charge is 0.255 e. The lowest BCUT2D eigenvalue weighted by atomic mass is 10.1. The Labute approximate surface area is 146 Å². The number of phenolic OH excluding ortho intramolecular Hbond substituents is 1. The number of aryl methyl sites for hydroxylation is 1. The van der Waals surface area contributed by atoms with Crippen molar-refractivity contribution >= 4 is 16.8 Å². The lowest BCUT2D eigenvalue weighted by Gasteiger charge is -2.19. The molecule has 0 unspecified atom stereocenters. The zero-order chi connectivity index (χ0) is 18.0. The molecular formula is C20H20N2O3. The molecule has 0 saturated heterocycles. The summed E-state index contributed by atoms with van der Waals surface area (Å²) in [6.45, 7) is 2.14. The van der Waals surface area contributed by atoms with E-state index in [1.807, 2.05) is 37.3 Å². The van der Waals surface area contributed by atoms with Crippen LogP contribution in [-0.4, -0.2) is 35.1 Å². The summed E-state index contributed by atoms with van der Waals surface area (Å²) < 4.78 is 5.22. The number of phenols is 1. The van der Waals surface area contributed by atoms with Gasteiger partial charge in [0.2, 0.25) is 0 Å². The summed E-state index contributed by atoms with van der Waals surface area (Å²) in [5, 5.41) is 10.8. The van der Waals surface area contributed by atoms with E-state index >= 15 is 0 Å². The molecule has 1 heterocycles. The minimum Gasteiger partial charge on any atom is -0.508 e. The molecular weight excluding hydrogens is 316 g/mol. The van der Waals surface area contributed by atoms with Crippen molar-refractivity contribution < 1.29 is 14.6 Å². The van der Waals surface area contributed by atoms with Crippen molar-refractivity contribution in [3.05, 3.63) is 65.4 Å². The quantitative estimate of drug-likeness (QED) is 0.792. The predicted molar refractivity (Wildman–Crippen MR) is 96.9 cm³/mol. The van der Waals surface area contributed by atoms with Gasteiger partial charge in [-0.1, -0.05) is 18.2 Å². The van der Waals surface area contributed by atoms with Crippen molar-refractivity contribution in [1.82, 2.24) is 9.88 Å². The lowest BCUT2D eigenvalue weighted by Crippen LogP contribution is -2.27. The molecule has 3 rings (SSSR count). The number of rotatable bonds is 4. The molecule has 0 bridgehead atoms. The summed E-state index contributed by atoms with van der Waals surface area (Å²) in [6.07, 6.45) is 0.